The lowest BCUT2D eigenvalue weighted by molar-refractivity contribution is -0.133. The van der Waals surface area contributed by atoms with Gasteiger partial charge in [0.1, 0.15) is 5.82 Å². The lowest BCUT2D eigenvalue weighted by Crippen LogP contribution is -2.17. The van der Waals surface area contributed by atoms with Gasteiger partial charge in [0.25, 0.3) is 0 Å². The second-order valence-electron chi connectivity index (χ2n) is 5.05. The van der Waals surface area contributed by atoms with Gasteiger partial charge in [0, 0.05) is 13.0 Å². The number of nitrogens with zero attached hydrogens (tertiary/aromatic N) is 3. The minimum Gasteiger partial charge on any atom is -0.481 e. The number of aliphatic carboxylic acids is 1. The number of aromatic nitrogens is 3. The minimum absolute atomic E-state index is 0.0481. The number of thioether (sulfide) groups is 1. The first-order valence-electron chi connectivity index (χ1n) is 6.97. The third-order valence-corrected chi connectivity index (χ3v) is 4.55. The Morgan fingerprint density at radius 1 is 1.37 bits per heavy atom. The molecule has 0 spiro atoms. The van der Waals surface area contributed by atoms with E-state index in [9.17, 15) is 4.79 Å². The minimum atomic E-state index is -0.810. The van der Waals surface area contributed by atoms with E-state index in [1.165, 1.54) is 43.9 Å². The summed E-state index contributed by atoms with van der Waals surface area (Å²) in [4.78, 5) is 10.7. The number of hydrogen-bond donors (Lipinski definition) is 1. The molecule has 0 radical (unpaired) electrons. The summed E-state index contributed by atoms with van der Waals surface area (Å²) in [5, 5.41) is 17.8. The predicted octanol–water partition coefficient (Wildman–Crippen LogP) is 2.60. The van der Waals surface area contributed by atoms with E-state index < -0.39 is 5.97 Å². The van der Waals surface area contributed by atoms with Crippen LogP contribution in [0.3, 0.4) is 0 Å². The van der Waals surface area contributed by atoms with Crippen LogP contribution in [0.4, 0.5) is 0 Å². The molecule has 1 fully saturated rings. The molecule has 0 saturated heterocycles. The molecule has 106 valence electrons. The van der Waals surface area contributed by atoms with Gasteiger partial charge in [-0.05, 0) is 18.8 Å². The summed E-state index contributed by atoms with van der Waals surface area (Å²) in [5.41, 5.74) is 0. The molecule has 0 amide bonds. The third kappa shape index (κ3) is 3.96. The van der Waals surface area contributed by atoms with Crippen LogP contribution in [0.2, 0.25) is 0 Å². The molecule has 19 heavy (non-hydrogen) atoms. The molecule has 1 N–H and O–H groups in total. The first-order chi connectivity index (χ1) is 9.20. The zero-order valence-electron chi connectivity index (χ0n) is 11.3. The van der Waals surface area contributed by atoms with E-state index in [1.54, 1.807) is 0 Å². The fourth-order valence-electron chi connectivity index (χ4n) is 2.62. The Balaban J connectivity index is 2.06. The molecule has 1 heterocycles. The Morgan fingerprint density at radius 3 is 2.74 bits per heavy atom. The quantitative estimate of drug-likeness (QED) is 0.813. The third-order valence-electron chi connectivity index (χ3n) is 3.60. The predicted molar refractivity (Wildman–Crippen MR) is 74.3 cm³/mol. The van der Waals surface area contributed by atoms with Gasteiger partial charge >= 0.3 is 5.97 Å². The highest BCUT2D eigenvalue weighted by Crippen LogP contribution is 2.27. The summed E-state index contributed by atoms with van der Waals surface area (Å²) in [6, 6.07) is 0. The molecule has 1 aromatic heterocycles. The van der Waals surface area contributed by atoms with E-state index in [-0.39, 0.29) is 5.75 Å². The second kappa shape index (κ2) is 6.93. The molecule has 1 aliphatic rings. The molecule has 0 aliphatic heterocycles. The number of carbonyl (C=O) groups is 1. The zero-order chi connectivity index (χ0) is 13.7. The van der Waals surface area contributed by atoms with Gasteiger partial charge < -0.3 is 9.67 Å². The van der Waals surface area contributed by atoms with E-state index in [2.05, 4.69) is 21.7 Å². The van der Waals surface area contributed by atoms with E-state index in [0.717, 1.165) is 23.9 Å². The highest BCUT2D eigenvalue weighted by molar-refractivity contribution is 7.99. The van der Waals surface area contributed by atoms with Crippen LogP contribution in [-0.4, -0.2) is 31.6 Å². The SMILES string of the molecule is CCc1nnc(SCC(=O)O)n1CC1CCCCC1. The smallest absolute Gasteiger partial charge is 0.313 e. The van der Waals surface area contributed by atoms with Crippen molar-refractivity contribution in [1.29, 1.82) is 0 Å². The van der Waals surface area contributed by atoms with Crippen molar-refractivity contribution in [3.63, 3.8) is 0 Å². The van der Waals surface area contributed by atoms with Crippen LogP contribution in [0.25, 0.3) is 0 Å². The standard InChI is InChI=1S/C13H21N3O2S/c1-2-11-14-15-13(19-9-12(17)18)16(11)8-10-6-4-3-5-7-10/h10H,2-9H2,1H3,(H,17,18). The molecule has 0 atom stereocenters. The molecule has 1 saturated carbocycles. The molecule has 2 rings (SSSR count). The summed E-state index contributed by atoms with van der Waals surface area (Å²) < 4.78 is 2.13. The van der Waals surface area contributed by atoms with Gasteiger partial charge in [0.2, 0.25) is 0 Å². The Kier molecular flexibility index (Phi) is 5.24. The number of aryl methyl sites for hydroxylation is 1. The number of carboxylic acids is 1. The highest BCUT2D eigenvalue weighted by atomic mass is 32.2. The Labute approximate surface area is 117 Å². The fourth-order valence-corrected chi connectivity index (χ4v) is 3.31. The van der Waals surface area contributed by atoms with Gasteiger partial charge in [0.15, 0.2) is 5.16 Å². The lowest BCUT2D eigenvalue weighted by Gasteiger charge is -2.23. The summed E-state index contributed by atoms with van der Waals surface area (Å²) in [7, 11) is 0. The maximum Gasteiger partial charge on any atom is 0.313 e. The molecule has 0 unspecified atom stereocenters. The summed E-state index contributed by atoms with van der Waals surface area (Å²) in [6.07, 6.45) is 7.35. The average molecular weight is 283 g/mol. The van der Waals surface area contributed by atoms with Crippen molar-refractivity contribution in [1.82, 2.24) is 14.8 Å². The van der Waals surface area contributed by atoms with Crippen molar-refractivity contribution in [2.24, 2.45) is 5.92 Å². The van der Waals surface area contributed by atoms with Crippen LogP contribution < -0.4 is 0 Å². The first kappa shape index (κ1) is 14.4. The summed E-state index contributed by atoms with van der Waals surface area (Å²) >= 11 is 1.27. The van der Waals surface area contributed by atoms with Gasteiger partial charge in [0.05, 0.1) is 5.75 Å². The maximum absolute atomic E-state index is 10.7. The molecular weight excluding hydrogens is 262 g/mol. The summed E-state index contributed by atoms with van der Waals surface area (Å²) in [5.74, 6) is 0.903. The number of rotatable bonds is 6. The molecule has 0 aromatic carbocycles. The second-order valence-corrected chi connectivity index (χ2v) is 5.99. The van der Waals surface area contributed by atoms with Crippen LogP contribution >= 0.6 is 11.8 Å². The van der Waals surface area contributed by atoms with Crippen molar-refractivity contribution >= 4 is 17.7 Å². The number of carboxylic acid groups (broad SMARTS) is 1. The Morgan fingerprint density at radius 2 is 2.11 bits per heavy atom. The zero-order valence-corrected chi connectivity index (χ0v) is 12.2. The van der Waals surface area contributed by atoms with Gasteiger partial charge in [-0.15, -0.1) is 10.2 Å². The van der Waals surface area contributed by atoms with Crippen LogP contribution in [0.1, 0.15) is 44.9 Å². The van der Waals surface area contributed by atoms with Gasteiger partial charge in [-0.25, -0.2) is 0 Å². The van der Waals surface area contributed by atoms with Crippen molar-refractivity contribution in [3.05, 3.63) is 5.82 Å². The van der Waals surface area contributed by atoms with E-state index in [0.29, 0.717) is 5.92 Å². The first-order valence-corrected chi connectivity index (χ1v) is 7.96. The highest BCUT2D eigenvalue weighted by Gasteiger charge is 2.19. The Hall–Kier alpha value is -1.04. The van der Waals surface area contributed by atoms with Crippen LogP contribution in [-0.2, 0) is 17.8 Å². The van der Waals surface area contributed by atoms with E-state index >= 15 is 0 Å². The van der Waals surface area contributed by atoms with Crippen LogP contribution in [0.15, 0.2) is 5.16 Å². The van der Waals surface area contributed by atoms with Crippen molar-refractivity contribution in [3.8, 4) is 0 Å². The van der Waals surface area contributed by atoms with E-state index in [1.807, 2.05) is 0 Å². The molecular formula is C13H21N3O2S. The average Bonchev–Trinajstić information content (AvgIpc) is 2.80. The van der Waals surface area contributed by atoms with Crippen LogP contribution in [0, 0.1) is 5.92 Å². The number of hydrogen-bond acceptors (Lipinski definition) is 4. The molecule has 1 aromatic rings. The molecule has 6 heteroatoms. The summed E-state index contributed by atoms with van der Waals surface area (Å²) in [6.45, 7) is 3.01. The topological polar surface area (TPSA) is 68.0 Å². The normalized spacial score (nSPS) is 16.7. The monoisotopic (exact) mass is 283 g/mol. The molecule has 0 bridgehead atoms. The molecule has 5 nitrogen and oxygen atoms in total. The van der Waals surface area contributed by atoms with E-state index in [4.69, 9.17) is 5.11 Å². The molecule has 1 aliphatic carbocycles. The lowest BCUT2D eigenvalue weighted by atomic mass is 9.89. The van der Waals surface area contributed by atoms with Crippen molar-refractivity contribution in [2.45, 2.75) is 57.1 Å². The fraction of sp³-hybridized carbons (Fsp3) is 0.769. The van der Waals surface area contributed by atoms with Gasteiger partial charge in [-0.3, -0.25) is 4.79 Å². The maximum atomic E-state index is 10.7. The van der Waals surface area contributed by atoms with Gasteiger partial charge in [-0.2, -0.15) is 0 Å². The van der Waals surface area contributed by atoms with Crippen molar-refractivity contribution < 1.29 is 9.90 Å². The largest absolute Gasteiger partial charge is 0.481 e. The van der Waals surface area contributed by atoms with Crippen molar-refractivity contribution in [2.75, 3.05) is 5.75 Å². The van der Waals surface area contributed by atoms with Crippen LogP contribution in [0.5, 0.6) is 0 Å². The van der Waals surface area contributed by atoms with Gasteiger partial charge in [-0.1, -0.05) is 37.9 Å². The Bertz CT molecular complexity index is 428.